The molecule has 0 heterocycles. The maximum absolute atomic E-state index is 12.0. The van der Waals surface area contributed by atoms with Crippen molar-refractivity contribution in [2.45, 2.75) is 50.7 Å². The summed E-state index contributed by atoms with van der Waals surface area (Å²) in [5.74, 6) is 0. The molecular formula is C11H19F3N2O. The van der Waals surface area contributed by atoms with Gasteiger partial charge in [0.05, 0.1) is 0 Å². The van der Waals surface area contributed by atoms with Crippen molar-refractivity contribution in [2.75, 3.05) is 13.6 Å². The quantitative estimate of drug-likeness (QED) is 0.753. The number of carbonyl (C=O) groups is 1. The van der Waals surface area contributed by atoms with Gasteiger partial charge < -0.3 is 10.2 Å². The van der Waals surface area contributed by atoms with E-state index in [1.54, 1.807) is 7.05 Å². The monoisotopic (exact) mass is 252 g/mol. The van der Waals surface area contributed by atoms with Crippen LogP contribution in [0.4, 0.5) is 18.0 Å². The van der Waals surface area contributed by atoms with E-state index in [1.807, 2.05) is 5.32 Å². The van der Waals surface area contributed by atoms with Gasteiger partial charge in [-0.2, -0.15) is 13.2 Å². The number of amides is 2. The van der Waals surface area contributed by atoms with E-state index in [0.29, 0.717) is 0 Å². The van der Waals surface area contributed by atoms with E-state index < -0.39 is 18.8 Å². The number of halogens is 3. The molecule has 1 N–H and O–H groups in total. The highest BCUT2D eigenvalue weighted by molar-refractivity contribution is 5.74. The topological polar surface area (TPSA) is 32.3 Å². The Balaban J connectivity index is 2.39. The Labute approximate surface area is 99.4 Å². The van der Waals surface area contributed by atoms with E-state index in [2.05, 4.69) is 0 Å². The number of rotatable bonds is 2. The molecule has 1 aliphatic carbocycles. The van der Waals surface area contributed by atoms with Crippen molar-refractivity contribution in [2.24, 2.45) is 0 Å². The van der Waals surface area contributed by atoms with Crippen molar-refractivity contribution in [3.8, 4) is 0 Å². The molecule has 1 rings (SSSR count). The molecule has 0 aromatic heterocycles. The van der Waals surface area contributed by atoms with Crippen molar-refractivity contribution in [1.82, 2.24) is 10.2 Å². The maximum atomic E-state index is 12.0. The second kappa shape index (κ2) is 6.12. The minimum absolute atomic E-state index is 0.0748. The highest BCUT2D eigenvalue weighted by atomic mass is 19.4. The molecule has 0 unspecified atom stereocenters. The molecule has 1 fully saturated rings. The number of nitrogens with zero attached hydrogens (tertiary/aromatic N) is 1. The molecule has 6 heteroatoms. The SMILES string of the molecule is CN(C(=O)NCC(F)(F)F)C1CCCCCC1. The minimum Gasteiger partial charge on any atom is -0.329 e. The third kappa shape index (κ3) is 5.28. The largest absolute Gasteiger partial charge is 0.405 e. The van der Waals surface area contributed by atoms with Gasteiger partial charge in [0, 0.05) is 13.1 Å². The van der Waals surface area contributed by atoms with Crippen LogP contribution < -0.4 is 5.32 Å². The van der Waals surface area contributed by atoms with Gasteiger partial charge in [0.2, 0.25) is 0 Å². The fraction of sp³-hybridized carbons (Fsp3) is 0.909. The first-order valence-corrected chi connectivity index (χ1v) is 5.97. The number of hydrogen-bond donors (Lipinski definition) is 1. The summed E-state index contributed by atoms with van der Waals surface area (Å²) in [4.78, 5) is 12.9. The number of nitrogens with one attached hydrogen (secondary N) is 1. The Hall–Kier alpha value is -0.940. The van der Waals surface area contributed by atoms with E-state index in [-0.39, 0.29) is 6.04 Å². The molecule has 1 aliphatic rings. The van der Waals surface area contributed by atoms with Crippen molar-refractivity contribution in [1.29, 1.82) is 0 Å². The highest BCUT2D eigenvalue weighted by Crippen LogP contribution is 2.21. The molecule has 100 valence electrons. The fourth-order valence-corrected chi connectivity index (χ4v) is 2.11. The normalized spacial score (nSPS) is 18.6. The first-order chi connectivity index (χ1) is 7.90. The summed E-state index contributed by atoms with van der Waals surface area (Å²) in [6.07, 6.45) is 1.80. The van der Waals surface area contributed by atoms with Gasteiger partial charge in [-0.25, -0.2) is 4.79 Å². The molecule has 0 spiro atoms. The predicted octanol–water partition coefficient (Wildman–Crippen LogP) is 2.91. The van der Waals surface area contributed by atoms with E-state index in [4.69, 9.17) is 0 Å². The van der Waals surface area contributed by atoms with Gasteiger partial charge in [-0.05, 0) is 12.8 Å². The zero-order valence-corrected chi connectivity index (χ0v) is 10.0. The molecule has 0 radical (unpaired) electrons. The van der Waals surface area contributed by atoms with Crippen molar-refractivity contribution in [3.63, 3.8) is 0 Å². The van der Waals surface area contributed by atoms with Crippen LogP contribution >= 0.6 is 0 Å². The van der Waals surface area contributed by atoms with Crippen LogP contribution in [0.5, 0.6) is 0 Å². The van der Waals surface area contributed by atoms with Gasteiger partial charge in [-0.15, -0.1) is 0 Å². The third-order valence-electron chi connectivity index (χ3n) is 3.13. The van der Waals surface area contributed by atoms with Crippen LogP contribution in [-0.4, -0.2) is 36.7 Å². The van der Waals surface area contributed by atoms with E-state index >= 15 is 0 Å². The van der Waals surface area contributed by atoms with Crippen LogP contribution in [0.3, 0.4) is 0 Å². The Morgan fingerprint density at radius 2 is 1.76 bits per heavy atom. The van der Waals surface area contributed by atoms with E-state index in [0.717, 1.165) is 38.5 Å². The summed E-state index contributed by atoms with van der Waals surface area (Å²) >= 11 is 0. The molecule has 0 aromatic carbocycles. The molecule has 0 saturated heterocycles. The Morgan fingerprint density at radius 1 is 1.24 bits per heavy atom. The Kier molecular flexibility index (Phi) is 5.08. The lowest BCUT2D eigenvalue weighted by molar-refractivity contribution is -0.123. The van der Waals surface area contributed by atoms with Gasteiger partial charge in [0.25, 0.3) is 0 Å². The minimum atomic E-state index is -4.35. The summed E-state index contributed by atoms with van der Waals surface area (Å²) < 4.78 is 35.9. The average Bonchev–Trinajstić information content (AvgIpc) is 2.52. The summed E-state index contributed by atoms with van der Waals surface area (Å²) in [6, 6.07) is -0.556. The molecular weight excluding hydrogens is 233 g/mol. The lowest BCUT2D eigenvalue weighted by Crippen LogP contribution is -2.46. The number of alkyl halides is 3. The van der Waals surface area contributed by atoms with Crippen LogP contribution in [-0.2, 0) is 0 Å². The number of carbonyl (C=O) groups excluding carboxylic acids is 1. The van der Waals surface area contributed by atoms with Gasteiger partial charge >= 0.3 is 12.2 Å². The van der Waals surface area contributed by atoms with Gasteiger partial charge in [-0.1, -0.05) is 25.7 Å². The molecule has 2 amide bonds. The molecule has 3 nitrogen and oxygen atoms in total. The Bertz CT molecular complexity index is 248. The van der Waals surface area contributed by atoms with Crippen molar-refractivity contribution < 1.29 is 18.0 Å². The lowest BCUT2D eigenvalue weighted by atomic mass is 10.1. The average molecular weight is 252 g/mol. The van der Waals surface area contributed by atoms with Crippen molar-refractivity contribution in [3.05, 3.63) is 0 Å². The van der Waals surface area contributed by atoms with Gasteiger partial charge in [-0.3, -0.25) is 0 Å². The smallest absolute Gasteiger partial charge is 0.329 e. The summed E-state index contributed by atoms with van der Waals surface area (Å²) in [7, 11) is 1.57. The fourth-order valence-electron chi connectivity index (χ4n) is 2.11. The summed E-state index contributed by atoms with van der Waals surface area (Å²) in [5, 5.41) is 1.90. The molecule has 17 heavy (non-hydrogen) atoms. The molecule has 0 bridgehead atoms. The first-order valence-electron chi connectivity index (χ1n) is 5.97. The van der Waals surface area contributed by atoms with Crippen LogP contribution in [0.25, 0.3) is 0 Å². The molecule has 0 aromatic rings. The number of urea groups is 1. The van der Waals surface area contributed by atoms with Crippen LogP contribution in [0.2, 0.25) is 0 Å². The van der Waals surface area contributed by atoms with Crippen LogP contribution in [0.1, 0.15) is 38.5 Å². The molecule has 0 aliphatic heterocycles. The van der Waals surface area contributed by atoms with E-state index in [9.17, 15) is 18.0 Å². The zero-order valence-electron chi connectivity index (χ0n) is 10.0. The van der Waals surface area contributed by atoms with Crippen LogP contribution in [0.15, 0.2) is 0 Å². The lowest BCUT2D eigenvalue weighted by Gasteiger charge is -2.27. The second-order valence-corrected chi connectivity index (χ2v) is 4.53. The van der Waals surface area contributed by atoms with E-state index in [1.165, 1.54) is 4.90 Å². The Morgan fingerprint density at radius 3 is 2.24 bits per heavy atom. The third-order valence-corrected chi connectivity index (χ3v) is 3.13. The molecule has 1 saturated carbocycles. The van der Waals surface area contributed by atoms with Crippen LogP contribution in [0, 0.1) is 0 Å². The maximum Gasteiger partial charge on any atom is 0.405 e. The van der Waals surface area contributed by atoms with Crippen molar-refractivity contribution >= 4 is 6.03 Å². The van der Waals surface area contributed by atoms with Gasteiger partial charge in [0.1, 0.15) is 6.54 Å². The number of hydrogen-bond acceptors (Lipinski definition) is 1. The molecule has 0 atom stereocenters. The second-order valence-electron chi connectivity index (χ2n) is 4.53. The summed E-state index contributed by atoms with van der Waals surface area (Å²) in [5.41, 5.74) is 0. The first kappa shape index (κ1) is 14.1. The highest BCUT2D eigenvalue weighted by Gasteiger charge is 2.29. The predicted molar refractivity (Wildman–Crippen MR) is 58.7 cm³/mol. The van der Waals surface area contributed by atoms with Gasteiger partial charge in [0.15, 0.2) is 0 Å². The standard InChI is InChI=1S/C11H19F3N2O/c1-16(9-6-4-2-3-5-7-9)10(17)15-8-11(12,13)14/h9H,2-8H2,1H3,(H,15,17). The summed E-state index contributed by atoms with van der Waals surface area (Å²) in [6.45, 7) is -1.26. The zero-order chi connectivity index (χ0) is 12.9.